The lowest BCUT2D eigenvalue weighted by Crippen LogP contribution is -2.42. The van der Waals surface area contributed by atoms with Crippen molar-refractivity contribution in [2.45, 2.75) is 37.8 Å². The molecule has 2 saturated heterocycles. The van der Waals surface area contributed by atoms with Crippen LogP contribution in [0.25, 0.3) is 0 Å². The first-order chi connectivity index (χ1) is 11.5. The summed E-state index contributed by atoms with van der Waals surface area (Å²) in [5, 5.41) is 18.0. The third-order valence-electron chi connectivity index (χ3n) is 5.62. The molecule has 3 aliphatic rings. The predicted molar refractivity (Wildman–Crippen MR) is 86.6 cm³/mol. The monoisotopic (exact) mass is 354 g/mol. The van der Waals surface area contributed by atoms with Crippen LogP contribution in [-0.2, 0) is 9.59 Å². The molecule has 1 aliphatic carbocycles. The van der Waals surface area contributed by atoms with Gasteiger partial charge >= 0.3 is 0 Å². The van der Waals surface area contributed by atoms with E-state index in [9.17, 15) is 9.59 Å². The first-order valence-electron chi connectivity index (χ1n) is 8.53. The molecular weight excluding hydrogens is 332 g/mol. The quantitative estimate of drug-likeness (QED) is 0.728. The minimum atomic E-state index is -0.436. The SMILES string of the molecule is N#CC1CCCN1C(=O)CN(Cl)C1C[C@@H]2CN(C(=O)CO)C[C@@H]2C1. The van der Waals surface area contributed by atoms with E-state index in [1.165, 1.54) is 0 Å². The molecular formula is C16H23ClN4O3. The van der Waals surface area contributed by atoms with Gasteiger partial charge in [0.2, 0.25) is 11.8 Å². The summed E-state index contributed by atoms with van der Waals surface area (Å²) >= 11 is 6.37. The van der Waals surface area contributed by atoms with Gasteiger partial charge in [-0.15, -0.1) is 0 Å². The number of halogens is 1. The maximum absolute atomic E-state index is 12.4. The molecule has 2 heterocycles. The van der Waals surface area contributed by atoms with Crippen LogP contribution in [0.1, 0.15) is 25.7 Å². The Balaban J connectivity index is 1.50. The molecule has 1 saturated carbocycles. The van der Waals surface area contributed by atoms with E-state index < -0.39 is 6.61 Å². The number of nitriles is 1. The minimum Gasteiger partial charge on any atom is -0.387 e. The van der Waals surface area contributed by atoms with Crippen molar-refractivity contribution in [1.82, 2.24) is 14.2 Å². The van der Waals surface area contributed by atoms with Crippen molar-refractivity contribution < 1.29 is 14.7 Å². The van der Waals surface area contributed by atoms with Gasteiger partial charge in [0, 0.05) is 25.7 Å². The fraction of sp³-hybridized carbons (Fsp3) is 0.812. The normalized spacial score (nSPS) is 32.2. The Kier molecular flexibility index (Phi) is 5.28. The van der Waals surface area contributed by atoms with Crippen molar-refractivity contribution in [3.8, 4) is 6.07 Å². The van der Waals surface area contributed by atoms with Gasteiger partial charge in [-0.25, -0.2) is 4.42 Å². The molecule has 132 valence electrons. The molecule has 0 aromatic rings. The molecule has 3 rings (SSSR count). The molecule has 24 heavy (non-hydrogen) atoms. The first-order valence-corrected chi connectivity index (χ1v) is 8.87. The van der Waals surface area contributed by atoms with Gasteiger partial charge in [0.05, 0.1) is 12.6 Å². The minimum absolute atomic E-state index is 0.0804. The Labute approximate surface area is 146 Å². The highest BCUT2D eigenvalue weighted by molar-refractivity contribution is 6.14. The van der Waals surface area contributed by atoms with E-state index in [4.69, 9.17) is 22.1 Å². The highest BCUT2D eigenvalue weighted by Crippen LogP contribution is 2.40. The van der Waals surface area contributed by atoms with Crippen LogP contribution in [-0.4, -0.2) is 76.0 Å². The fourth-order valence-electron chi connectivity index (χ4n) is 4.35. The van der Waals surface area contributed by atoms with Crippen LogP contribution in [0, 0.1) is 23.2 Å². The average molecular weight is 355 g/mol. The van der Waals surface area contributed by atoms with Gasteiger partial charge in [-0.05, 0) is 49.3 Å². The summed E-state index contributed by atoms with van der Waals surface area (Å²) < 4.78 is 1.59. The number of carbonyl (C=O) groups is 2. The Bertz CT molecular complexity index is 538. The molecule has 3 fully saturated rings. The third kappa shape index (κ3) is 3.37. The lowest BCUT2D eigenvalue weighted by Gasteiger charge is -2.26. The van der Waals surface area contributed by atoms with Crippen LogP contribution in [0.2, 0.25) is 0 Å². The zero-order chi connectivity index (χ0) is 17.3. The summed E-state index contributed by atoms with van der Waals surface area (Å²) in [5.74, 6) is 0.486. The van der Waals surface area contributed by atoms with E-state index in [2.05, 4.69) is 6.07 Å². The summed E-state index contributed by atoms with van der Waals surface area (Å²) in [6, 6.07) is 1.99. The van der Waals surface area contributed by atoms with Crippen LogP contribution < -0.4 is 0 Å². The molecule has 1 N–H and O–H groups in total. The van der Waals surface area contributed by atoms with Gasteiger partial charge in [0.1, 0.15) is 12.6 Å². The zero-order valence-corrected chi connectivity index (χ0v) is 14.4. The summed E-state index contributed by atoms with van der Waals surface area (Å²) in [4.78, 5) is 27.3. The number of aliphatic hydroxyl groups is 1. The summed E-state index contributed by atoms with van der Waals surface area (Å²) in [7, 11) is 0. The molecule has 0 bridgehead atoms. The molecule has 4 atom stereocenters. The molecule has 2 amide bonds. The van der Waals surface area contributed by atoms with Gasteiger partial charge in [0.25, 0.3) is 0 Å². The number of fused-ring (bicyclic) bond motifs is 1. The Morgan fingerprint density at radius 2 is 1.92 bits per heavy atom. The fourth-order valence-corrected chi connectivity index (χ4v) is 4.61. The third-order valence-corrected chi connectivity index (χ3v) is 6.01. The number of hydrogen-bond donors (Lipinski definition) is 1. The molecule has 2 unspecified atom stereocenters. The Morgan fingerprint density at radius 3 is 2.50 bits per heavy atom. The van der Waals surface area contributed by atoms with Crippen LogP contribution >= 0.6 is 11.8 Å². The number of hydrogen-bond acceptors (Lipinski definition) is 5. The molecule has 0 aromatic carbocycles. The summed E-state index contributed by atoms with van der Waals surface area (Å²) in [6.45, 7) is 1.66. The lowest BCUT2D eigenvalue weighted by molar-refractivity contribution is -0.133. The van der Waals surface area contributed by atoms with Crippen LogP contribution in [0.15, 0.2) is 0 Å². The number of rotatable bonds is 4. The van der Waals surface area contributed by atoms with Gasteiger partial charge in [0.15, 0.2) is 0 Å². The molecule has 8 heteroatoms. The predicted octanol–water partition coefficient (Wildman–Crippen LogP) is 0.186. The number of carbonyl (C=O) groups excluding carboxylic acids is 2. The Hall–Kier alpha value is -1.36. The van der Waals surface area contributed by atoms with Crippen LogP contribution in [0.3, 0.4) is 0 Å². The van der Waals surface area contributed by atoms with Crippen LogP contribution in [0.4, 0.5) is 0 Å². The molecule has 0 spiro atoms. The van der Waals surface area contributed by atoms with Crippen molar-refractivity contribution in [2.24, 2.45) is 11.8 Å². The highest BCUT2D eigenvalue weighted by atomic mass is 35.5. The van der Waals surface area contributed by atoms with Gasteiger partial charge in [-0.1, -0.05) is 0 Å². The van der Waals surface area contributed by atoms with Crippen molar-refractivity contribution in [3.05, 3.63) is 0 Å². The van der Waals surface area contributed by atoms with E-state index in [-0.39, 0.29) is 30.4 Å². The van der Waals surface area contributed by atoms with E-state index >= 15 is 0 Å². The number of likely N-dealkylation sites (tertiary alicyclic amines) is 2. The van der Waals surface area contributed by atoms with Crippen molar-refractivity contribution in [1.29, 1.82) is 5.26 Å². The zero-order valence-electron chi connectivity index (χ0n) is 13.6. The van der Waals surface area contributed by atoms with Crippen molar-refractivity contribution in [2.75, 3.05) is 32.8 Å². The molecule has 0 radical (unpaired) electrons. The summed E-state index contributed by atoms with van der Waals surface area (Å²) in [5.41, 5.74) is 0. The van der Waals surface area contributed by atoms with E-state index in [0.29, 0.717) is 31.5 Å². The molecule has 7 nitrogen and oxygen atoms in total. The second-order valence-electron chi connectivity index (χ2n) is 7.03. The topological polar surface area (TPSA) is 87.9 Å². The summed E-state index contributed by atoms with van der Waals surface area (Å²) in [6.07, 6.45) is 3.33. The van der Waals surface area contributed by atoms with Gasteiger partial charge in [-0.3, -0.25) is 9.59 Å². The second-order valence-corrected chi connectivity index (χ2v) is 7.47. The highest BCUT2D eigenvalue weighted by Gasteiger charge is 2.44. The largest absolute Gasteiger partial charge is 0.387 e. The smallest absolute Gasteiger partial charge is 0.248 e. The van der Waals surface area contributed by atoms with E-state index in [0.717, 1.165) is 25.7 Å². The van der Waals surface area contributed by atoms with Gasteiger partial charge < -0.3 is 14.9 Å². The number of aliphatic hydroxyl groups excluding tert-OH is 1. The number of nitrogens with zero attached hydrogens (tertiary/aromatic N) is 4. The molecule has 2 aliphatic heterocycles. The average Bonchev–Trinajstić information content (AvgIpc) is 3.26. The second kappa shape index (κ2) is 7.26. The first kappa shape index (κ1) is 17.5. The lowest BCUT2D eigenvalue weighted by atomic mass is 10.0. The standard InChI is InChI=1S/C16H23ClN4O3/c17-21(9-15(23)20-3-1-2-13(20)6-18)14-4-11-7-19(16(24)10-22)8-12(11)5-14/h11-14,22H,1-5,7-10H2/t11-,12+,13?,14?. The molecule has 0 aromatic heterocycles. The van der Waals surface area contributed by atoms with Gasteiger partial charge in [-0.2, -0.15) is 5.26 Å². The van der Waals surface area contributed by atoms with Crippen LogP contribution in [0.5, 0.6) is 0 Å². The number of amides is 2. The van der Waals surface area contributed by atoms with Crippen molar-refractivity contribution >= 4 is 23.6 Å². The Morgan fingerprint density at radius 1 is 1.25 bits per heavy atom. The van der Waals surface area contributed by atoms with Crippen molar-refractivity contribution in [3.63, 3.8) is 0 Å². The maximum Gasteiger partial charge on any atom is 0.248 e. The van der Waals surface area contributed by atoms with E-state index in [1.54, 1.807) is 14.2 Å². The van der Waals surface area contributed by atoms with E-state index in [1.807, 2.05) is 0 Å². The maximum atomic E-state index is 12.4.